The van der Waals surface area contributed by atoms with Crippen molar-refractivity contribution < 1.29 is 5.11 Å². The predicted octanol–water partition coefficient (Wildman–Crippen LogP) is 5.11. The summed E-state index contributed by atoms with van der Waals surface area (Å²) in [6.45, 7) is -0.189. The van der Waals surface area contributed by atoms with Gasteiger partial charge in [0.25, 0.3) is 0 Å². The van der Waals surface area contributed by atoms with E-state index in [1.54, 1.807) is 24.4 Å². The molecular formula is C17H10BrCl2N3O. The van der Waals surface area contributed by atoms with Gasteiger partial charge < -0.3 is 9.51 Å². The first-order valence-corrected chi connectivity index (χ1v) is 8.65. The van der Waals surface area contributed by atoms with Gasteiger partial charge in [-0.2, -0.15) is 0 Å². The molecule has 0 spiro atoms. The van der Waals surface area contributed by atoms with Crippen LogP contribution in [0.25, 0.3) is 27.8 Å². The summed E-state index contributed by atoms with van der Waals surface area (Å²) in [4.78, 5) is 9.11. The number of hydrogen-bond donors (Lipinski definition) is 1. The van der Waals surface area contributed by atoms with Crippen LogP contribution in [-0.4, -0.2) is 19.5 Å². The molecule has 4 rings (SSSR count). The van der Waals surface area contributed by atoms with Crippen LogP contribution in [0.5, 0.6) is 0 Å². The van der Waals surface area contributed by atoms with E-state index in [1.165, 1.54) is 0 Å². The van der Waals surface area contributed by atoms with Crippen LogP contribution in [0, 0.1) is 0 Å². The maximum absolute atomic E-state index is 9.90. The molecule has 0 fully saturated rings. The Morgan fingerprint density at radius 2 is 1.92 bits per heavy atom. The van der Waals surface area contributed by atoms with E-state index in [2.05, 4.69) is 20.9 Å². The molecule has 0 saturated carbocycles. The zero-order valence-electron chi connectivity index (χ0n) is 12.2. The Balaban J connectivity index is 2.14. The Labute approximate surface area is 155 Å². The minimum atomic E-state index is -0.189. The van der Waals surface area contributed by atoms with Crippen molar-refractivity contribution in [2.45, 2.75) is 6.61 Å². The summed E-state index contributed by atoms with van der Waals surface area (Å²) in [5.41, 5.74) is 3.32. The van der Waals surface area contributed by atoms with Crippen molar-refractivity contribution in [2.75, 3.05) is 0 Å². The topological polar surface area (TPSA) is 50.4 Å². The average molecular weight is 423 g/mol. The molecule has 24 heavy (non-hydrogen) atoms. The van der Waals surface area contributed by atoms with Crippen LogP contribution in [0.3, 0.4) is 0 Å². The van der Waals surface area contributed by atoms with Gasteiger partial charge in [0.2, 0.25) is 0 Å². The standard InChI is InChI=1S/C17H10BrCl2N3O/c18-9-6-10-13(21-7-9)4-5-23-14(8-24)16(22-17(10)23)15-11(19)2-1-3-12(15)20/h1-7,24H,8H2. The number of rotatable bonds is 2. The monoisotopic (exact) mass is 421 g/mol. The van der Waals surface area contributed by atoms with E-state index in [9.17, 15) is 5.11 Å². The fourth-order valence-electron chi connectivity index (χ4n) is 2.80. The highest BCUT2D eigenvalue weighted by atomic mass is 79.9. The zero-order valence-corrected chi connectivity index (χ0v) is 15.3. The molecule has 1 N–H and O–H groups in total. The van der Waals surface area contributed by atoms with E-state index in [4.69, 9.17) is 28.2 Å². The van der Waals surface area contributed by atoms with Crippen molar-refractivity contribution in [3.63, 3.8) is 0 Å². The van der Waals surface area contributed by atoms with Crippen LogP contribution < -0.4 is 0 Å². The molecule has 3 heterocycles. The summed E-state index contributed by atoms with van der Waals surface area (Å²) >= 11 is 16.1. The lowest BCUT2D eigenvalue weighted by molar-refractivity contribution is 0.276. The summed E-state index contributed by atoms with van der Waals surface area (Å²) in [5, 5.41) is 11.8. The third-order valence-corrected chi connectivity index (χ3v) is 4.93. The predicted molar refractivity (Wildman–Crippen MR) is 99.6 cm³/mol. The van der Waals surface area contributed by atoms with Crippen molar-refractivity contribution in [1.82, 2.24) is 14.4 Å². The Bertz CT molecular complexity index is 1070. The minimum absolute atomic E-state index is 0.189. The number of aromatic nitrogens is 3. The van der Waals surface area contributed by atoms with Crippen molar-refractivity contribution in [3.8, 4) is 11.3 Å². The fraction of sp³-hybridized carbons (Fsp3) is 0.0588. The first-order valence-electron chi connectivity index (χ1n) is 7.10. The van der Waals surface area contributed by atoms with Gasteiger partial charge in [-0.05, 0) is 40.2 Å². The SMILES string of the molecule is OCc1c(-c2c(Cl)cccc2Cl)nc2c3cc(Br)cnc3ccn12. The lowest BCUT2D eigenvalue weighted by atomic mass is 10.1. The number of halogens is 3. The van der Waals surface area contributed by atoms with Crippen LogP contribution in [0.1, 0.15) is 5.69 Å². The molecule has 0 atom stereocenters. The molecule has 0 saturated heterocycles. The quantitative estimate of drug-likeness (QED) is 0.488. The second kappa shape index (κ2) is 6.01. The van der Waals surface area contributed by atoms with Gasteiger partial charge >= 0.3 is 0 Å². The summed E-state index contributed by atoms with van der Waals surface area (Å²) < 4.78 is 2.69. The second-order valence-corrected chi connectivity index (χ2v) is 6.99. The summed E-state index contributed by atoms with van der Waals surface area (Å²) in [6, 6.07) is 9.12. The van der Waals surface area contributed by atoms with Gasteiger partial charge in [0.15, 0.2) is 0 Å². The fourth-order valence-corrected chi connectivity index (χ4v) is 3.71. The first-order chi connectivity index (χ1) is 11.6. The molecule has 0 aliphatic heterocycles. The van der Waals surface area contributed by atoms with Gasteiger partial charge in [-0.1, -0.05) is 29.3 Å². The van der Waals surface area contributed by atoms with Crippen molar-refractivity contribution in [3.05, 3.63) is 62.9 Å². The van der Waals surface area contributed by atoms with E-state index in [-0.39, 0.29) is 6.61 Å². The van der Waals surface area contributed by atoms with Crippen LogP contribution >= 0.6 is 39.1 Å². The third-order valence-electron chi connectivity index (χ3n) is 3.87. The molecule has 0 bridgehead atoms. The van der Waals surface area contributed by atoms with Gasteiger partial charge in [-0.15, -0.1) is 0 Å². The van der Waals surface area contributed by atoms with E-state index in [1.807, 2.05) is 22.7 Å². The van der Waals surface area contributed by atoms with Crippen molar-refractivity contribution >= 4 is 55.7 Å². The van der Waals surface area contributed by atoms with Gasteiger partial charge in [0.05, 0.1) is 33.6 Å². The Morgan fingerprint density at radius 3 is 2.62 bits per heavy atom. The molecule has 0 aliphatic carbocycles. The molecule has 4 nitrogen and oxygen atoms in total. The number of fused-ring (bicyclic) bond motifs is 3. The molecule has 0 unspecified atom stereocenters. The Morgan fingerprint density at radius 1 is 1.17 bits per heavy atom. The maximum Gasteiger partial charge on any atom is 0.147 e. The van der Waals surface area contributed by atoms with E-state index in [0.717, 1.165) is 15.4 Å². The summed E-state index contributed by atoms with van der Waals surface area (Å²) in [7, 11) is 0. The second-order valence-electron chi connectivity index (χ2n) is 5.26. The van der Waals surface area contributed by atoms with Gasteiger partial charge in [0, 0.05) is 27.8 Å². The molecule has 120 valence electrons. The number of aliphatic hydroxyl groups excluding tert-OH is 1. The molecule has 1 aromatic carbocycles. The highest BCUT2D eigenvalue weighted by Gasteiger charge is 2.19. The molecule has 7 heteroatoms. The number of hydrogen-bond acceptors (Lipinski definition) is 3. The molecule has 0 aliphatic rings. The summed E-state index contributed by atoms with van der Waals surface area (Å²) in [5.74, 6) is 0. The molecule has 4 aromatic rings. The van der Waals surface area contributed by atoms with Crippen LogP contribution in [-0.2, 0) is 6.61 Å². The highest BCUT2D eigenvalue weighted by Crippen LogP contribution is 2.37. The zero-order chi connectivity index (χ0) is 16.8. The smallest absolute Gasteiger partial charge is 0.147 e. The number of pyridine rings is 2. The number of nitrogens with zero attached hydrogens (tertiary/aromatic N) is 3. The van der Waals surface area contributed by atoms with Crippen molar-refractivity contribution in [2.24, 2.45) is 0 Å². The molecule has 0 amide bonds. The van der Waals surface area contributed by atoms with E-state index < -0.39 is 0 Å². The lowest BCUT2D eigenvalue weighted by Gasteiger charge is -2.06. The summed E-state index contributed by atoms with van der Waals surface area (Å²) in [6.07, 6.45) is 3.58. The largest absolute Gasteiger partial charge is 0.390 e. The van der Waals surface area contributed by atoms with E-state index >= 15 is 0 Å². The number of aliphatic hydroxyl groups is 1. The molecule has 3 aromatic heterocycles. The van der Waals surface area contributed by atoms with Crippen LogP contribution in [0.15, 0.2) is 47.2 Å². The maximum atomic E-state index is 9.90. The molecule has 0 radical (unpaired) electrons. The van der Waals surface area contributed by atoms with E-state index in [0.29, 0.717) is 32.6 Å². The lowest BCUT2D eigenvalue weighted by Crippen LogP contribution is -1.95. The average Bonchev–Trinajstić information content (AvgIpc) is 2.93. The van der Waals surface area contributed by atoms with Gasteiger partial charge in [-0.3, -0.25) is 4.98 Å². The number of imidazole rings is 1. The Hall–Kier alpha value is -1.66. The van der Waals surface area contributed by atoms with Gasteiger partial charge in [-0.25, -0.2) is 4.98 Å². The first kappa shape index (κ1) is 15.8. The van der Waals surface area contributed by atoms with Crippen molar-refractivity contribution in [1.29, 1.82) is 0 Å². The van der Waals surface area contributed by atoms with Crippen LogP contribution in [0.2, 0.25) is 10.0 Å². The number of benzene rings is 1. The normalized spacial score (nSPS) is 11.5. The Kier molecular flexibility index (Phi) is 3.96. The molecular weight excluding hydrogens is 413 g/mol. The van der Waals surface area contributed by atoms with Crippen LogP contribution in [0.4, 0.5) is 0 Å². The minimum Gasteiger partial charge on any atom is -0.390 e. The highest BCUT2D eigenvalue weighted by molar-refractivity contribution is 9.10. The van der Waals surface area contributed by atoms with Gasteiger partial charge in [0.1, 0.15) is 5.65 Å². The third kappa shape index (κ3) is 2.40.